The number of ether oxygens (including phenoxy) is 1. The van der Waals surface area contributed by atoms with Gasteiger partial charge in [-0.15, -0.1) is 0 Å². The third-order valence-corrected chi connectivity index (χ3v) is 6.15. The van der Waals surface area contributed by atoms with Crippen molar-refractivity contribution < 1.29 is 35.9 Å². The lowest BCUT2D eigenvalue weighted by Crippen LogP contribution is -2.58. The molecule has 0 aliphatic carbocycles. The van der Waals surface area contributed by atoms with Gasteiger partial charge < -0.3 is 20.7 Å². The van der Waals surface area contributed by atoms with E-state index in [1.807, 2.05) is 30.3 Å². The standard InChI is InChI=1S/C24H27F6N3O2/c1-15(16-10-18(23(25,26)27)12-19(11-16)24(28,29)30)35-14-22(17-6-4-3-5-7-17)9-8-20(13-32-22)33-21(34)31-2/h3-7,10-12,15,20,32H,8-9,13-14H2,1-2H3,(H2,31,33,34). The second-order valence-corrected chi connectivity index (χ2v) is 8.58. The molecule has 3 N–H and O–H groups in total. The van der Waals surface area contributed by atoms with Crippen LogP contribution in [0.3, 0.4) is 0 Å². The predicted octanol–water partition coefficient (Wildman–Crippen LogP) is 5.38. The Bertz CT molecular complexity index is 970. The Balaban J connectivity index is 1.83. The van der Waals surface area contributed by atoms with Crippen molar-refractivity contribution >= 4 is 6.03 Å². The first-order valence-electron chi connectivity index (χ1n) is 11.0. The van der Waals surface area contributed by atoms with Crippen molar-refractivity contribution in [2.75, 3.05) is 20.2 Å². The second kappa shape index (κ2) is 10.4. The number of nitrogens with one attached hydrogen (secondary N) is 3. The van der Waals surface area contributed by atoms with E-state index in [1.54, 1.807) is 0 Å². The van der Waals surface area contributed by atoms with Crippen molar-refractivity contribution in [2.24, 2.45) is 0 Å². The molecule has 1 fully saturated rings. The largest absolute Gasteiger partial charge is 0.416 e. The number of benzene rings is 2. The minimum Gasteiger partial charge on any atom is -0.372 e. The van der Waals surface area contributed by atoms with Crippen molar-refractivity contribution in [1.29, 1.82) is 0 Å². The lowest BCUT2D eigenvalue weighted by atomic mass is 9.81. The molecule has 0 aromatic heterocycles. The van der Waals surface area contributed by atoms with Gasteiger partial charge in [0.25, 0.3) is 0 Å². The summed E-state index contributed by atoms with van der Waals surface area (Å²) in [6.07, 6.45) is -9.79. The van der Waals surface area contributed by atoms with E-state index in [0.717, 1.165) is 5.56 Å². The van der Waals surface area contributed by atoms with Gasteiger partial charge in [-0.1, -0.05) is 30.3 Å². The first kappa shape index (κ1) is 26.8. The smallest absolute Gasteiger partial charge is 0.372 e. The molecule has 2 aromatic rings. The van der Waals surface area contributed by atoms with Gasteiger partial charge in [0.2, 0.25) is 0 Å². The van der Waals surface area contributed by atoms with Gasteiger partial charge in [-0.25, -0.2) is 4.79 Å². The summed E-state index contributed by atoms with van der Waals surface area (Å²) in [5.74, 6) is 0. The van der Waals surface area contributed by atoms with Crippen molar-refractivity contribution in [2.45, 2.75) is 49.8 Å². The van der Waals surface area contributed by atoms with Crippen LogP contribution in [0.15, 0.2) is 48.5 Å². The van der Waals surface area contributed by atoms with E-state index in [1.165, 1.54) is 14.0 Å². The lowest BCUT2D eigenvalue weighted by molar-refractivity contribution is -0.143. The van der Waals surface area contributed by atoms with E-state index in [4.69, 9.17) is 4.74 Å². The number of alkyl halides is 6. The predicted molar refractivity (Wildman–Crippen MR) is 118 cm³/mol. The zero-order valence-electron chi connectivity index (χ0n) is 19.2. The number of urea groups is 1. The number of halogens is 6. The monoisotopic (exact) mass is 503 g/mol. The Morgan fingerprint density at radius 2 is 1.69 bits per heavy atom. The number of hydrogen-bond donors (Lipinski definition) is 3. The summed E-state index contributed by atoms with van der Waals surface area (Å²) >= 11 is 0. The summed E-state index contributed by atoms with van der Waals surface area (Å²) in [5.41, 5.74) is -2.84. The molecule has 11 heteroatoms. The van der Waals surface area contributed by atoms with Gasteiger partial charge in [-0.2, -0.15) is 26.3 Å². The van der Waals surface area contributed by atoms with E-state index >= 15 is 0 Å². The van der Waals surface area contributed by atoms with Crippen LogP contribution in [0.4, 0.5) is 31.1 Å². The van der Waals surface area contributed by atoms with Gasteiger partial charge >= 0.3 is 18.4 Å². The molecule has 5 nitrogen and oxygen atoms in total. The van der Waals surface area contributed by atoms with E-state index in [9.17, 15) is 31.1 Å². The number of amides is 2. The average molecular weight is 503 g/mol. The second-order valence-electron chi connectivity index (χ2n) is 8.58. The number of piperidine rings is 1. The number of rotatable bonds is 6. The van der Waals surface area contributed by atoms with Gasteiger partial charge in [0.05, 0.1) is 29.4 Å². The van der Waals surface area contributed by atoms with Crippen LogP contribution in [0, 0.1) is 0 Å². The minimum absolute atomic E-state index is 0.00245. The first-order valence-corrected chi connectivity index (χ1v) is 11.0. The quantitative estimate of drug-likeness (QED) is 0.464. The van der Waals surface area contributed by atoms with Crippen molar-refractivity contribution in [3.8, 4) is 0 Å². The molecule has 1 saturated heterocycles. The maximum atomic E-state index is 13.3. The Morgan fingerprint density at radius 1 is 1.09 bits per heavy atom. The molecule has 1 aliphatic rings. The van der Waals surface area contributed by atoms with Crippen LogP contribution in [-0.4, -0.2) is 32.3 Å². The Kier molecular flexibility index (Phi) is 8.00. The van der Waals surface area contributed by atoms with Gasteiger partial charge in [-0.05, 0) is 49.1 Å². The highest BCUT2D eigenvalue weighted by Crippen LogP contribution is 2.39. The van der Waals surface area contributed by atoms with Gasteiger partial charge in [0, 0.05) is 19.6 Å². The van der Waals surface area contributed by atoms with Crippen molar-refractivity contribution in [3.05, 3.63) is 70.8 Å². The van der Waals surface area contributed by atoms with Crippen molar-refractivity contribution in [3.63, 3.8) is 0 Å². The maximum absolute atomic E-state index is 13.3. The Morgan fingerprint density at radius 3 is 2.17 bits per heavy atom. The third kappa shape index (κ3) is 6.66. The molecule has 3 unspecified atom stereocenters. The fourth-order valence-corrected chi connectivity index (χ4v) is 4.10. The third-order valence-electron chi connectivity index (χ3n) is 6.15. The highest BCUT2D eigenvalue weighted by Gasteiger charge is 2.39. The van der Waals surface area contributed by atoms with Crippen LogP contribution in [0.1, 0.15) is 48.1 Å². The molecule has 35 heavy (non-hydrogen) atoms. The van der Waals surface area contributed by atoms with E-state index in [0.29, 0.717) is 31.5 Å². The highest BCUT2D eigenvalue weighted by molar-refractivity contribution is 5.73. The van der Waals surface area contributed by atoms with E-state index in [2.05, 4.69) is 16.0 Å². The van der Waals surface area contributed by atoms with Gasteiger partial charge in [-0.3, -0.25) is 0 Å². The molecule has 2 aromatic carbocycles. The SMILES string of the molecule is CNC(=O)NC1CCC(COC(C)c2cc(C(F)(F)F)cc(C(F)(F)F)c2)(c2ccccc2)NC1. The first-order chi connectivity index (χ1) is 16.3. The fourth-order valence-electron chi connectivity index (χ4n) is 4.10. The number of carbonyl (C=O) groups is 1. The van der Waals surface area contributed by atoms with Crippen LogP contribution < -0.4 is 16.0 Å². The highest BCUT2D eigenvalue weighted by atomic mass is 19.4. The maximum Gasteiger partial charge on any atom is 0.416 e. The van der Waals surface area contributed by atoms with Gasteiger partial charge in [0.15, 0.2) is 0 Å². The van der Waals surface area contributed by atoms with Crippen LogP contribution in [0.25, 0.3) is 0 Å². The molecule has 1 aliphatic heterocycles. The fraction of sp³-hybridized carbons (Fsp3) is 0.458. The number of carbonyl (C=O) groups excluding carboxylic acids is 1. The topological polar surface area (TPSA) is 62.4 Å². The van der Waals surface area contributed by atoms with Crippen LogP contribution in [-0.2, 0) is 22.6 Å². The normalized spacial score (nSPS) is 21.9. The molecule has 0 spiro atoms. The molecular weight excluding hydrogens is 476 g/mol. The Labute approximate surface area is 199 Å². The average Bonchev–Trinajstić information content (AvgIpc) is 2.82. The molecule has 2 amide bonds. The van der Waals surface area contributed by atoms with Crippen molar-refractivity contribution in [1.82, 2.24) is 16.0 Å². The van der Waals surface area contributed by atoms with Crippen LogP contribution in [0.5, 0.6) is 0 Å². The zero-order valence-corrected chi connectivity index (χ0v) is 19.2. The molecular formula is C24H27F6N3O2. The van der Waals surface area contributed by atoms with Gasteiger partial charge in [0.1, 0.15) is 0 Å². The zero-order chi connectivity index (χ0) is 25.9. The van der Waals surface area contributed by atoms with Crippen LogP contribution in [0.2, 0.25) is 0 Å². The molecule has 1 heterocycles. The molecule has 192 valence electrons. The summed E-state index contributed by atoms with van der Waals surface area (Å²) < 4.78 is 85.5. The Hall–Kier alpha value is -2.79. The molecule has 0 bridgehead atoms. The molecule has 0 saturated carbocycles. The summed E-state index contributed by atoms with van der Waals surface area (Å²) in [6.45, 7) is 1.83. The summed E-state index contributed by atoms with van der Waals surface area (Å²) in [5, 5.41) is 8.69. The number of hydrogen-bond acceptors (Lipinski definition) is 3. The van der Waals surface area contributed by atoms with E-state index in [-0.39, 0.29) is 30.3 Å². The molecule has 0 radical (unpaired) electrons. The molecule has 3 atom stereocenters. The summed E-state index contributed by atoms with van der Waals surface area (Å²) in [7, 11) is 1.51. The van der Waals surface area contributed by atoms with Crippen LogP contribution >= 0.6 is 0 Å². The lowest BCUT2D eigenvalue weighted by Gasteiger charge is -2.42. The summed E-state index contributed by atoms with van der Waals surface area (Å²) in [4.78, 5) is 11.6. The van der Waals surface area contributed by atoms with E-state index < -0.39 is 35.1 Å². The summed E-state index contributed by atoms with van der Waals surface area (Å²) in [6, 6.07) is 10.3. The molecule has 3 rings (SSSR count). The minimum atomic E-state index is -4.93.